The van der Waals surface area contributed by atoms with Crippen LogP contribution in [0.4, 0.5) is 0 Å². The summed E-state index contributed by atoms with van der Waals surface area (Å²) in [6, 6.07) is 67.2. The first kappa shape index (κ1) is 40.2. The Bertz CT molecular complexity index is 2580. The standard InChI is InChI=1S/C56H58N2P2/c1-41-13-25-47(26-14-41)59(48-27-15-42(2)16-28-48,49-29-17-43(3)18-30-49)55(7)39-56(40-55,58-38-10-11-53-54(58)12-9-37-57(53)8)60(50-31-19-44(4)20-32-50,51-33-21-45(5)22-34-51)52-35-23-46(6)24-36-52/h9-38H,39-40H2,1-8H3/q+4. The highest BCUT2D eigenvalue weighted by Gasteiger charge is 2.84. The van der Waals surface area contributed by atoms with Gasteiger partial charge in [0.15, 0.2) is 19.7 Å². The molecule has 0 atom stereocenters. The largest absolute Gasteiger partial charge is 0.288 e. The van der Waals surface area contributed by atoms with Crippen molar-refractivity contribution < 1.29 is 9.13 Å². The number of hydrogen-bond acceptors (Lipinski definition) is 0. The van der Waals surface area contributed by atoms with Gasteiger partial charge in [-0.05, 0) is 121 Å². The lowest BCUT2D eigenvalue weighted by Crippen LogP contribution is -2.74. The van der Waals surface area contributed by atoms with Gasteiger partial charge in [0.25, 0.3) is 16.3 Å². The van der Waals surface area contributed by atoms with Crippen LogP contribution < -0.4 is 41.0 Å². The Morgan fingerprint density at radius 1 is 0.367 bits per heavy atom. The molecule has 9 rings (SSSR count). The lowest BCUT2D eigenvalue weighted by molar-refractivity contribution is -0.734. The lowest BCUT2D eigenvalue weighted by atomic mass is 9.79. The molecule has 2 heterocycles. The molecule has 0 amide bonds. The van der Waals surface area contributed by atoms with Crippen LogP contribution in [0.2, 0.25) is 0 Å². The predicted octanol–water partition coefficient (Wildman–Crippen LogP) is 10.00. The van der Waals surface area contributed by atoms with E-state index >= 15 is 0 Å². The lowest BCUT2D eigenvalue weighted by Gasteiger charge is -2.56. The van der Waals surface area contributed by atoms with E-state index in [1.807, 2.05) is 0 Å². The zero-order valence-corrected chi connectivity index (χ0v) is 38.3. The topological polar surface area (TPSA) is 7.76 Å². The fraction of sp³-hybridized carbons (Fsp3) is 0.214. The molecule has 0 saturated heterocycles. The van der Waals surface area contributed by atoms with E-state index in [1.165, 1.54) is 76.2 Å². The molecule has 0 aliphatic heterocycles. The summed E-state index contributed by atoms with van der Waals surface area (Å²) in [6.07, 6.45) is 6.58. The van der Waals surface area contributed by atoms with Crippen molar-refractivity contribution in [2.45, 2.75) is 71.7 Å². The number of nitrogens with zero attached hydrogens (tertiary/aromatic N) is 2. The van der Waals surface area contributed by atoms with Gasteiger partial charge in [0, 0.05) is 24.3 Å². The number of rotatable bonds is 9. The second-order valence-electron chi connectivity index (χ2n) is 18.0. The summed E-state index contributed by atoms with van der Waals surface area (Å²) in [5.74, 6) is 0. The van der Waals surface area contributed by atoms with Crippen LogP contribution in [0, 0.1) is 41.5 Å². The minimum atomic E-state index is -2.57. The molecule has 1 fully saturated rings. The zero-order valence-electron chi connectivity index (χ0n) is 36.5. The first-order chi connectivity index (χ1) is 28.9. The van der Waals surface area contributed by atoms with Crippen molar-refractivity contribution in [3.63, 3.8) is 0 Å². The van der Waals surface area contributed by atoms with E-state index in [9.17, 15) is 0 Å². The minimum absolute atomic E-state index is 0.135. The van der Waals surface area contributed by atoms with Crippen LogP contribution in [0.5, 0.6) is 0 Å². The quantitative estimate of drug-likeness (QED) is 0.101. The molecule has 1 aliphatic rings. The summed E-state index contributed by atoms with van der Waals surface area (Å²) in [5.41, 5.74) is 10.2. The van der Waals surface area contributed by atoms with Crippen molar-refractivity contribution in [1.29, 1.82) is 0 Å². The van der Waals surface area contributed by atoms with Gasteiger partial charge >= 0.3 is 0 Å². The van der Waals surface area contributed by atoms with Gasteiger partial charge in [-0.1, -0.05) is 106 Å². The van der Waals surface area contributed by atoms with Gasteiger partial charge in [-0.2, -0.15) is 9.13 Å². The summed E-state index contributed by atoms with van der Waals surface area (Å²) in [5, 5.41) is 8.17. The molecule has 4 heteroatoms. The van der Waals surface area contributed by atoms with Gasteiger partial charge in [-0.25, -0.2) is 0 Å². The highest BCUT2D eigenvalue weighted by molar-refractivity contribution is 7.98. The molecule has 2 aromatic heterocycles. The molecule has 1 aliphatic carbocycles. The van der Waals surface area contributed by atoms with Gasteiger partial charge < -0.3 is 0 Å². The smallest absolute Gasteiger partial charge is 0.196 e. The third-order valence-corrected chi connectivity index (χ3v) is 23.8. The van der Waals surface area contributed by atoms with Gasteiger partial charge in [-0.3, -0.25) is 0 Å². The molecular formula is C56H58N2P2+4. The van der Waals surface area contributed by atoms with Crippen LogP contribution in [0.15, 0.2) is 182 Å². The van der Waals surface area contributed by atoms with E-state index in [4.69, 9.17) is 0 Å². The Morgan fingerprint density at radius 3 is 0.983 bits per heavy atom. The maximum Gasteiger partial charge on any atom is 0.288 e. The summed E-state index contributed by atoms with van der Waals surface area (Å²) in [7, 11) is -2.74. The fourth-order valence-electron chi connectivity index (χ4n) is 10.8. The number of hydrogen-bond donors (Lipinski definition) is 0. The van der Waals surface area contributed by atoms with Crippen molar-refractivity contribution in [3.8, 4) is 0 Å². The summed E-state index contributed by atoms with van der Waals surface area (Å²) in [4.78, 5) is 0. The van der Waals surface area contributed by atoms with Crippen molar-refractivity contribution in [3.05, 3.63) is 216 Å². The molecule has 6 aromatic carbocycles. The van der Waals surface area contributed by atoms with Gasteiger partial charge in [0.2, 0.25) is 0 Å². The molecule has 8 aromatic rings. The van der Waals surface area contributed by atoms with Crippen LogP contribution in [-0.4, -0.2) is 5.16 Å². The fourth-order valence-corrected chi connectivity index (χ4v) is 22.4. The zero-order chi connectivity index (χ0) is 41.9. The number of benzene rings is 6. The molecule has 298 valence electrons. The highest BCUT2D eigenvalue weighted by Crippen LogP contribution is 2.83. The third kappa shape index (κ3) is 6.21. The van der Waals surface area contributed by atoms with Gasteiger partial charge in [-0.15, -0.1) is 0 Å². The maximum absolute atomic E-state index is 2.77. The van der Waals surface area contributed by atoms with E-state index in [0.29, 0.717) is 0 Å². The summed E-state index contributed by atoms with van der Waals surface area (Å²) in [6.45, 7) is 16.0. The Morgan fingerprint density at radius 2 is 0.650 bits per heavy atom. The molecule has 60 heavy (non-hydrogen) atoms. The van der Waals surface area contributed by atoms with E-state index in [1.54, 1.807) is 0 Å². The molecule has 0 radical (unpaired) electrons. The van der Waals surface area contributed by atoms with Crippen LogP contribution in [-0.2, 0) is 12.3 Å². The van der Waals surface area contributed by atoms with Crippen molar-refractivity contribution in [2.75, 3.05) is 0 Å². The summed E-state index contributed by atoms with van der Waals surface area (Å²) >= 11 is 0. The van der Waals surface area contributed by atoms with Crippen molar-refractivity contribution >= 4 is 57.4 Å². The first-order valence-corrected chi connectivity index (χ1v) is 25.0. The van der Waals surface area contributed by atoms with Crippen LogP contribution in [0.25, 0.3) is 11.0 Å². The number of aryl methyl sites for hydroxylation is 7. The van der Waals surface area contributed by atoms with E-state index < -0.39 is 14.5 Å². The van der Waals surface area contributed by atoms with Crippen molar-refractivity contribution in [1.82, 2.24) is 0 Å². The second-order valence-corrected chi connectivity index (χ2v) is 25.6. The second kappa shape index (κ2) is 15.3. The average molecular weight is 821 g/mol. The Hall–Kier alpha value is -5.26. The predicted molar refractivity (Wildman–Crippen MR) is 260 cm³/mol. The monoisotopic (exact) mass is 820 g/mol. The SMILES string of the molecule is Cc1ccc([P+](c2ccc(C)cc2)(c2ccc(C)cc2)C2(C)CC([n+]3cccc4c3ccc[n+]4C)([P+](c3ccc(C)cc3)(c3ccc(C)cc3)c3ccc(C)cc3)C2)cc1. The van der Waals surface area contributed by atoms with Gasteiger partial charge in [0.05, 0.1) is 12.8 Å². The Balaban J connectivity index is 1.45. The molecule has 0 spiro atoms. The minimum Gasteiger partial charge on any atom is -0.196 e. The van der Waals surface area contributed by atoms with Crippen LogP contribution in [0.1, 0.15) is 53.1 Å². The van der Waals surface area contributed by atoms with E-state index in [-0.39, 0.29) is 10.4 Å². The average Bonchev–Trinajstić information content (AvgIpc) is 3.24. The Labute approximate surface area is 359 Å². The van der Waals surface area contributed by atoms with Crippen molar-refractivity contribution in [2.24, 2.45) is 7.05 Å². The molecule has 0 N–H and O–H groups in total. The van der Waals surface area contributed by atoms with Crippen LogP contribution in [0.3, 0.4) is 0 Å². The van der Waals surface area contributed by atoms with Gasteiger partial charge in [0.1, 0.15) is 51.3 Å². The maximum atomic E-state index is 2.77. The molecule has 1 saturated carbocycles. The van der Waals surface area contributed by atoms with Crippen LogP contribution >= 0.6 is 14.5 Å². The number of aromatic nitrogens is 2. The number of pyridine rings is 2. The normalized spacial score (nSPS) is 18.0. The highest BCUT2D eigenvalue weighted by atomic mass is 31.2. The molecule has 0 bridgehead atoms. The first-order valence-electron chi connectivity index (χ1n) is 21.4. The Kier molecular flexibility index (Phi) is 10.3. The van der Waals surface area contributed by atoms with E-state index in [0.717, 1.165) is 12.8 Å². The molecule has 0 unspecified atom stereocenters. The number of fused-ring (bicyclic) bond motifs is 1. The van der Waals surface area contributed by atoms with E-state index in [2.05, 4.69) is 247 Å². The molecule has 2 nitrogen and oxygen atoms in total. The summed E-state index contributed by atoms with van der Waals surface area (Å²) < 4.78 is 5.06. The molecular weight excluding hydrogens is 763 g/mol. The third-order valence-electron chi connectivity index (χ3n) is 13.7.